The summed E-state index contributed by atoms with van der Waals surface area (Å²) in [7, 11) is 0. The maximum absolute atomic E-state index is 5.71. The van der Waals surface area contributed by atoms with E-state index in [2.05, 4.69) is 15.9 Å². The third kappa shape index (κ3) is 2.71. The predicted molar refractivity (Wildman–Crippen MR) is 55.8 cm³/mol. The molecule has 0 aliphatic rings. The number of hydrogen-bond donors (Lipinski definition) is 1. The summed E-state index contributed by atoms with van der Waals surface area (Å²) in [4.78, 5) is 0. The fourth-order valence-electron chi connectivity index (χ4n) is 0.576. The van der Waals surface area contributed by atoms with Crippen LogP contribution in [-0.2, 0) is 0 Å². The molecule has 0 bridgehead atoms. The molecule has 0 saturated carbocycles. The molecule has 0 aliphatic carbocycles. The van der Waals surface area contributed by atoms with Gasteiger partial charge in [-0.1, -0.05) is 23.2 Å². The fourth-order valence-corrected chi connectivity index (χ4v) is 1.31. The molecule has 5 heteroatoms. The van der Waals surface area contributed by atoms with Gasteiger partial charge in [-0.3, -0.25) is 0 Å². The van der Waals surface area contributed by atoms with E-state index in [0.717, 1.165) is 0 Å². The normalized spacial score (nSPS) is 9.00. The molecule has 1 nitrogen and oxygen atoms in total. The number of hydrogen-bond acceptors (Lipinski definition) is 1. The van der Waals surface area contributed by atoms with Crippen LogP contribution >= 0.6 is 51.5 Å². The zero-order valence-electron chi connectivity index (χ0n) is 5.27. The van der Waals surface area contributed by atoms with Gasteiger partial charge in [0.1, 0.15) is 0 Å². The van der Waals surface area contributed by atoms with Crippen molar-refractivity contribution in [2.45, 2.75) is 0 Å². The lowest BCUT2D eigenvalue weighted by Crippen LogP contribution is -1.86. The Morgan fingerprint density at radius 2 is 1.82 bits per heavy atom. The van der Waals surface area contributed by atoms with E-state index in [1.807, 2.05) is 0 Å². The fraction of sp³-hybridized carbons (Fsp3) is 0. The Labute approximate surface area is 89.4 Å². The van der Waals surface area contributed by atoms with Gasteiger partial charge < -0.3 is 5.73 Å². The molecule has 0 heterocycles. The SMILES string of the molecule is Cl.Nc1cc(Cl)cc(Cl)c1Br. The van der Waals surface area contributed by atoms with E-state index in [1.165, 1.54) is 0 Å². The van der Waals surface area contributed by atoms with Gasteiger partial charge in [-0.25, -0.2) is 0 Å². The molecule has 1 aromatic carbocycles. The third-order valence-electron chi connectivity index (χ3n) is 1.02. The van der Waals surface area contributed by atoms with Crippen LogP contribution in [0.3, 0.4) is 0 Å². The molecule has 11 heavy (non-hydrogen) atoms. The van der Waals surface area contributed by atoms with Crippen LogP contribution in [0.4, 0.5) is 5.69 Å². The lowest BCUT2D eigenvalue weighted by atomic mass is 10.3. The molecular weight excluding hydrogens is 272 g/mol. The Morgan fingerprint density at radius 1 is 1.27 bits per heavy atom. The summed E-state index contributed by atoms with van der Waals surface area (Å²) in [6, 6.07) is 3.26. The van der Waals surface area contributed by atoms with Gasteiger partial charge in [-0.15, -0.1) is 12.4 Å². The van der Waals surface area contributed by atoms with Crippen molar-refractivity contribution in [2.75, 3.05) is 5.73 Å². The summed E-state index contributed by atoms with van der Waals surface area (Å²) in [6.45, 7) is 0. The van der Waals surface area contributed by atoms with Crippen LogP contribution in [0.2, 0.25) is 10.0 Å². The summed E-state index contributed by atoms with van der Waals surface area (Å²) < 4.78 is 0.693. The number of benzene rings is 1. The molecule has 1 rings (SSSR count). The highest BCUT2D eigenvalue weighted by molar-refractivity contribution is 9.10. The van der Waals surface area contributed by atoms with Crippen molar-refractivity contribution in [1.29, 1.82) is 0 Å². The van der Waals surface area contributed by atoms with Crippen molar-refractivity contribution < 1.29 is 0 Å². The van der Waals surface area contributed by atoms with E-state index in [0.29, 0.717) is 20.2 Å². The standard InChI is InChI=1S/C6H4BrCl2N.ClH/c7-6-4(9)1-3(8)2-5(6)10;/h1-2H,10H2;1H. The largest absolute Gasteiger partial charge is 0.398 e. The van der Waals surface area contributed by atoms with E-state index in [-0.39, 0.29) is 12.4 Å². The van der Waals surface area contributed by atoms with Gasteiger partial charge in [-0.05, 0) is 28.1 Å². The molecule has 0 unspecified atom stereocenters. The van der Waals surface area contributed by atoms with Crippen LogP contribution in [-0.4, -0.2) is 0 Å². The Balaban J connectivity index is 0.000001000. The molecular formula is C6H5BrCl3N. The van der Waals surface area contributed by atoms with Crippen molar-refractivity contribution >= 4 is 57.2 Å². The lowest BCUT2D eigenvalue weighted by Gasteiger charge is -1.99. The van der Waals surface area contributed by atoms with Gasteiger partial charge >= 0.3 is 0 Å². The van der Waals surface area contributed by atoms with Crippen LogP contribution in [0, 0.1) is 0 Å². The van der Waals surface area contributed by atoms with Crippen LogP contribution in [0.1, 0.15) is 0 Å². The van der Waals surface area contributed by atoms with Crippen molar-refractivity contribution in [3.05, 3.63) is 26.7 Å². The van der Waals surface area contributed by atoms with Gasteiger partial charge in [0.2, 0.25) is 0 Å². The minimum absolute atomic E-state index is 0. The monoisotopic (exact) mass is 275 g/mol. The topological polar surface area (TPSA) is 26.0 Å². The number of anilines is 1. The average Bonchev–Trinajstić information content (AvgIpc) is 1.82. The molecule has 0 fully saturated rings. The van der Waals surface area contributed by atoms with E-state index in [1.54, 1.807) is 12.1 Å². The highest BCUT2D eigenvalue weighted by Gasteiger charge is 2.01. The Morgan fingerprint density at radius 3 is 2.27 bits per heavy atom. The second-order valence-corrected chi connectivity index (χ2v) is 3.43. The van der Waals surface area contributed by atoms with E-state index in [4.69, 9.17) is 28.9 Å². The summed E-state index contributed by atoms with van der Waals surface area (Å²) >= 11 is 14.5. The zero-order chi connectivity index (χ0) is 7.72. The first-order chi connectivity index (χ1) is 4.61. The Kier molecular flexibility index (Phi) is 4.56. The first-order valence-electron chi connectivity index (χ1n) is 2.51. The second-order valence-electron chi connectivity index (χ2n) is 1.79. The molecule has 0 atom stereocenters. The zero-order valence-corrected chi connectivity index (χ0v) is 9.19. The maximum Gasteiger partial charge on any atom is 0.0592 e. The molecule has 1 aromatic rings. The number of rotatable bonds is 0. The molecule has 0 spiro atoms. The van der Waals surface area contributed by atoms with E-state index >= 15 is 0 Å². The summed E-state index contributed by atoms with van der Waals surface area (Å²) in [5.74, 6) is 0. The lowest BCUT2D eigenvalue weighted by molar-refractivity contribution is 1.63. The molecule has 0 amide bonds. The molecule has 0 aromatic heterocycles. The molecule has 62 valence electrons. The first-order valence-corrected chi connectivity index (χ1v) is 4.06. The van der Waals surface area contributed by atoms with Gasteiger partial charge in [0.15, 0.2) is 0 Å². The Bertz CT molecular complexity index is 241. The summed E-state index contributed by atoms with van der Waals surface area (Å²) in [5, 5.41) is 1.08. The van der Waals surface area contributed by atoms with Crippen molar-refractivity contribution in [3.63, 3.8) is 0 Å². The maximum atomic E-state index is 5.71. The van der Waals surface area contributed by atoms with Crippen LogP contribution in [0.5, 0.6) is 0 Å². The summed E-state index contributed by atoms with van der Waals surface area (Å²) in [5.41, 5.74) is 6.06. The minimum Gasteiger partial charge on any atom is -0.398 e. The molecule has 0 radical (unpaired) electrons. The van der Waals surface area contributed by atoms with Crippen LogP contribution < -0.4 is 5.73 Å². The van der Waals surface area contributed by atoms with E-state index < -0.39 is 0 Å². The minimum atomic E-state index is 0. The predicted octanol–water partition coefficient (Wildman–Crippen LogP) is 3.76. The highest BCUT2D eigenvalue weighted by Crippen LogP contribution is 2.31. The van der Waals surface area contributed by atoms with Gasteiger partial charge in [0.25, 0.3) is 0 Å². The van der Waals surface area contributed by atoms with Crippen molar-refractivity contribution in [1.82, 2.24) is 0 Å². The van der Waals surface area contributed by atoms with Crippen molar-refractivity contribution in [2.24, 2.45) is 0 Å². The summed E-state index contributed by atoms with van der Waals surface area (Å²) in [6.07, 6.45) is 0. The second kappa shape index (κ2) is 4.41. The van der Waals surface area contributed by atoms with Crippen molar-refractivity contribution in [3.8, 4) is 0 Å². The van der Waals surface area contributed by atoms with E-state index in [9.17, 15) is 0 Å². The highest BCUT2D eigenvalue weighted by atomic mass is 79.9. The Hall–Kier alpha value is 0.370. The molecule has 0 aliphatic heterocycles. The molecule has 0 saturated heterocycles. The number of nitrogen functional groups attached to an aromatic ring is 1. The van der Waals surface area contributed by atoms with Crippen LogP contribution in [0.25, 0.3) is 0 Å². The smallest absolute Gasteiger partial charge is 0.0592 e. The van der Waals surface area contributed by atoms with Gasteiger partial charge in [-0.2, -0.15) is 0 Å². The average molecular weight is 277 g/mol. The third-order valence-corrected chi connectivity index (χ3v) is 2.65. The number of nitrogens with two attached hydrogens (primary N) is 1. The molecule has 2 N–H and O–H groups in total. The number of halogens is 4. The first kappa shape index (κ1) is 11.4. The quantitative estimate of drug-likeness (QED) is 0.567. The van der Waals surface area contributed by atoms with Crippen LogP contribution in [0.15, 0.2) is 16.6 Å². The van der Waals surface area contributed by atoms with Gasteiger partial charge in [0, 0.05) is 10.7 Å². The van der Waals surface area contributed by atoms with Gasteiger partial charge in [0.05, 0.1) is 9.50 Å².